The average Bonchev–Trinajstić information content (AvgIpc) is 2.20. The van der Waals surface area contributed by atoms with Crippen molar-refractivity contribution in [1.29, 1.82) is 0 Å². The highest BCUT2D eigenvalue weighted by atomic mass is 16.7. The largest absolute Gasteiger partial charge is 0.508 e. The lowest BCUT2D eigenvalue weighted by atomic mass is 10.2. The van der Waals surface area contributed by atoms with Gasteiger partial charge in [0.05, 0.1) is 13.2 Å². The van der Waals surface area contributed by atoms with Crippen LogP contribution < -0.4 is 0 Å². The number of carbonyl (C=O) groups excluding carboxylic acids is 1. The van der Waals surface area contributed by atoms with Crippen molar-refractivity contribution in [2.45, 2.75) is 39.0 Å². The van der Waals surface area contributed by atoms with E-state index in [0.717, 1.165) is 12.8 Å². The highest BCUT2D eigenvalue weighted by Gasteiger charge is 2.01. The predicted octanol–water partition coefficient (Wildman–Crippen LogP) is 2.10. The number of hydrogen-bond donors (Lipinski definition) is 1. The van der Waals surface area contributed by atoms with Crippen molar-refractivity contribution in [3.05, 3.63) is 0 Å². The highest BCUT2D eigenvalue weighted by Crippen LogP contribution is 2.02. The van der Waals surface area contributed by atoms with Crippen molar-refractivity contribution in [1.82, 2.24) is 0 Å². The van der Waals surface area contributed by atoms with Gasteiger partial charge in [-0.3, -0.25) is 0 Å². The minimum Gasteiger partial charge on any atom is -0.434 e. The van der Waals surface area contributed by atoms with E-state index in [2.05, 4.69) is 11.7 Å². The smallest absolute Gasteiger partial charge is 0.434 e. The highest BCUT2D eigenvalue weighted by molar-refractivity contribution is 5.59. The molecule has 0 aliphatic heterocycles. The number of carbonyl (C=O) groups is 1. The summed E-state index contributed by atoms with van der Waals surface area (Å²) in [5.74, 6) is 0. The molecule has 4 nitrogen and oxygen atoms in total. The van der Waals surface area contributed by atoms with Crippen molar-refractivity contribution in [2.75, 3.05) is 19.8 Å². The monoisotopic (exact) mass is 204 g/mol. The van der Waals surface area contributed by atoms with Crippen LogP contribution >= 0.6 is 0 Å². The van der Waals surface area contributed by atoms with E-state index in [1.165, 1.54) is 19.3 Å². The molecule has 0 atom stereocenters. The molecule has 0 aromatic carbocycles. The van der Waals surface area contributed by atoms with Crippen LogP contribution in [-0.2, 0) is 9.47 Å². The van der Waals surface area contributed by atoms with E-state index in [1.807, 2.05) is 0 Å². The molecule has 0 amide bonds. The Morgan fingerprint density at radius 2 is 1.71 bits per heavy atom. The van der Waals surface area contributed by atoms with E-state index in [9.17, 15) is 4.79 Å². The van der Waals surface area contributed by atoms with Gasteiger partial charge in [0, 0.05) is 0 Å². The fourth-order valence-corrected chi connectivity index (χ4v) is 1.03. The zero-order valence-electron chi connectivity index (χ0n) is 8.83. The third kappa shape index (κ3) is 9.32. The summed E-state index contributed by atoms with van der Waals surface area (Å²) in [4.78, 5) is 10.7. The molecule has 14 heavy (non-hydrogen) atoms. The maximum atomic E-state index is 10.7. The van der Waals surface area contributed by atoms with Crippen LogP contribution in [0.4, 0.5) is 4.79 Å². The van der Waals surface area contributed by atoms with Gasteiger partial charge in [0.15, 0.2) is 0 Å². The van der Waals surface area contributed by atoms with Crippen molar-refractivity contribution < 1.29 is 19.4 Å². The summed E-state index contributed by atoms with van der Waals surface area (Å²) in [5.41, 5.74) is 0. The molecule has 0 heterocycles. The molecule has 0 bridgehead atoms. The second-order valence-corrected chi connectivity index (χ2v) is 3.08. The SMILES string of the molecule is CCCCCCCOC(=O)OCCO. The summed E-state index contributed by atoms with van der Waals surface area (Å²) < 4.78 is 9.26. The van der Waals surface area contributed by atoms with Gasteiger partial charge in [-0.25, -0.2) is 4.79 Å². The molecular formula is C10H20O4. The lowest BCUT2D eigenvalue weighted by molar-refractivity contribution is 0.0425. The molecule has 0 radical (unpaired) electrons. The van der Waals surface area contributed by atoms with Crippen LogP contribution in [0.5, 0.6) is 0 Å². The Morgan fingerprint density at radius 1 is 1.07 bits per heavy atom. The number of ether oxygens (including phenoxy) is 2. The van der Waals surface area contributed by atoms with Crippen LogP contribution in [0.25, 0.3) is 0 Å². The lowest BCUT2D eigenvalue weighted by Gasteiger charge is -2.04. The molecule has 0 saturated heterocycles. The molecule has 0 spiro atoms. The molecular weight excluding hydrogens is 184 g/mol. The standard InChI is InChI=1S/C10H20O4/c1-2-3-4-5-6-8-13-10(12)14-9-7-11/h11H,2-9H2,1H3. The van der Waals surface area contributed by atoms with Gasteiger partial charge in [0.25, 0.3) is 0 Å². The minimum atomic E-state index is -0.686. The third-order valence-electron chi connectivity index (χ3n) is 1.78. The zero-order chi connectivity index (χ0) is 10.6. The second kappa shape index (κ2) is 10.3. The van der Waals surface area contributed by atoms with Crippen LogP contribution in [0.15, 0.2) is 0 Å². The molecule has 0 saturated carbocycles. The molecule has 0 aromatic heterocycles. The molecule has 0 rings (SSSR count). The lowest BCUT2D eigenvalue weighted by Crippen LogP contribution is -2.11. The predicted molar refractivity (Wildman–Crippen MR) is 53.1 cm³/mol. The zero-order valence-corrected chi connectivity index (χ0v) is 8.83. The van der Waals surface area contributed by atoms with Crippen molar-refractivity contribution in [3.8, 4) is 0 Å². The Bertz CT molecular complexity index is 136. The van der Waals surface area contributed by atoms with E-state index >= 15 is 0 Å². The van der Waals surface area contributed by atoms with Crippen LogP contribution in [0.1, 0.15) is 39.0 Å². The first-order valence-corrected chi connectivity index (χ1v) is 5.21. The first-order chi connectivity index (χ1) is 6.81. The Morgan fingerprint density at radius 3 is 2.36 bits per heavy atom. The fraction of sp³-hybridized carbons (Fsp3) is 0.900. The molecule has 4 heteroatoms. The van der Waals surface area contributed by atoms with Crippen LogP contribution in [0.3, 0.4) is 0 Å². The van der Waals surface area contributed by atoms with Gasteiger partial charge in [-0.1, -0.05) is 32.6 Å². The maximum Gasteiger partial charge on any atom is 0.508 e. The molecule has 0 aromatic rings. The summed E-state index contributed by atoms with van der Waals surface area (Å²) >= 11 is 0. The van der Waals surface area contributed by atoms with Crippen LogP contribution in [-0.4, -0.2) is 31.1 Å². The van der Waals surface area contributed by atoms with Gasteiger partial charge in [0.1, 0.15) is 6.61 Å². The van der Waals surface area contributed by atoms with E-state index in [0.29, 0.717) is 6.61 Å². The molecule has 0 fully saturated rings. The first kappa shape index (κ1) is 13.2. The Balaban J connectivity index is 3.07. The van der Waals surface area contributed by atoms with Crippen molar-refractivity contribution in [2.24, 2.45) is 0 Å². The van der Waals surface area contributed by atoms with Gasteiger partial charge in [0.2, 0.25) is 0 Å². The summed E-state index contributed by atoms with van der Waals surface area (Å²) in [7, 11) is 0. The van der Waals surface area contributed by atoms with Gasteiger partial charge in [-0.05, 0) is 6.42 Å². The number of aliphatic hydroxyl groups excluding tert-OH is 1. The maximum absolute atomic E-state index is 10.7. The third-order valence-corrected chi connectivity index (χ3v) is 1.78. The second-order valence-electron chi connectivity index (χ2n) is 3.08. The van der Waals surface area contributed by atoms with Crippen LogP contribution in [0.2, 0.25) is 0 Å². The minimum absolute atomic E-state index is 0.00860. The number of hydrogen-bond acceptors (Lipinski definition) is 4. The average molecular weight is 204 g/mol. The molecule has 0 unspecified atom stereocenters. The Kier molecular flexibility index (Phi) is 9.74. The Hall–Kier alpha value is -0.770. The fourth-order valence-electron chi connectivity index (χ4n) is 1.03. The van der Waals surface area contributed by atoms with Crippen molar-refractivity contribution >= 4 is 6.16 Å². The molecule has 0 aliphatic rings. The summed E-state index contributed by atoms with van der Waals surface area (Å²) in [5, 5.41) is 8.35. The number of rotatable bonds is 8. The van der Waals surface area contributed by atoms with E-state index in [1.54, 1.807) is 0 Å². The van der Waals surface area contributed by atoms with E-state index < -0.39 is 6.16 Å². The first-order valence-electron chi connectivity index (χ1n) is 5.21. The molecule has 0 aliphatic carbocycles. The summed E-state index contributed by atoms with van der Waals surface area (Å²) in [6.45, 7) is 2.41. The summed E-state index contributed by atoms with van der Waals surface area (Å²) in [6, 6.07) is 0. The van der Waals surface area contributed by atoms with Gasteiger partial charge < -0.3 is 14.6 Å². The molecule has 1 N–H and O–H groups in total. The molecule has 84 valence electrons. The number of aliphatic hydroxyl groups is 1. The topological polar surface area (TPSA) is 55.8 Å². The van der Waals surface area contributed by atoms with Crippen molar-refractivity contribution in [3.63, 3.8) is 0 Å². The Labute approximate surface area is 85.2 Å². The van der Waals surface area contributed by atoms with Gasteiger partial charge >= 0.3 is 6.16 Å². The van der Waals surface area contributed by atoms with Gasteiger partial charge in [-0.15, -0.1) is 0 Å². The van der Waals surface area contributed by atoms with E-state index in [4.69, 9.17) is 9.84 Å². The van der Waals surface area contributed by atoms with Crippen LogP contribution in [0, 0.1) is 0 Å². The van der Waals surface area contributed by atoms with Gasteiger partial charge in [-0.2, -0.15) is 0 Å². The quantitative estimate of drug-likeness (QED) is 0.486. The van der Waals surface area contributed by atoms with E-state index in [-0.39, 0.29) is 13.2 Å². The number of unbranched alkanes of at least 4 members (excludes halogenated alkanes) is 4. The summed E-state index contributed by atoms with van der Waals surface area (Å²) in [6.07, 6.45) is 4.91. The normalized spacial score (nSPS) is 9.86.